The molecule has 0 radical (unpaired) electrons. The standard InChI is InChI=1S/C23H28N2O6S/c1-16-7-8-18(15-21(16)32(28,29)25-13-5-4-6-14-25)23(27)31-17(2)22(26)24-19-9-11-20(30-3)12-10-19/h7-12,15,17H,4-6,13-14H2,1-3H3,(H,24,26). The van der Waals surface area contributed by atoms with Crippen LogP contribution < -0.4 is 10.1 Å². The van der Waals surface area contributed by atoms with Crippen LogP contribution in [0, 0.1) is 6.92 Å². The van der Waals surface area contributed by atoms with Gasteiger partial charge in [-0.05, 0) is 68.7 Å². The number of ether oxygens (including phenoxy) is 2. The molecule has 0 saturated carbocycles. The third-order valence-electron chi connectivity index (χ3n) is 5.37. The maximum atomic E-state index is 13.1. The number of sulfonamides is 1. The summed E-state index contributed by atoms with van der Waals surface area (Å²) < 4.78 is 37.9. The van der Waals surface area contributed by atoms with E-state index >= 15 is 0 Å². The molecule has 1 atom stereocenters. The summed E-state index contributed by atoms with van der Waals surface area (Å²) in [6.45, 7) is 4.09. The van der Waals surface area contributed by atoms with Gasteiger partial charge in [0, 0.05) is 18.8 Å². The van der Waals surface area contributed by atoms with Gasteiger partial charge in [0.15, 0.2) is 6.10 Å². The molecule has 1 heterocycles. The number of benzene rings is 2. The Morgan fingerprint density at radius 1 is 1.03 bits per heavy atom. The number of hydrogen-bond acceptors (Lipinski definition) is 6. The number of anilines is 1. The Balaban J connectivity index is 1.70. The summed E-state index contributed by atoms with van der Waals surface area (Å²) in [5.41, 5.74) is 1.16. The van der Waals surface area contributed by atoms with Crippen molar-refractivity contribution in [3.63, 3.8) is 0 Å². The number of nitrogens with zero attached hydrogens (tertiary/aromatic N) is 1. The number of piperidine rings is 1. The highest BCUT2D eigenvalue weighted by atomic mass is 32.2. The van der Waals surface area contributed by atoms with Gasteiger partial charge in [0.25, 0.3) is 5.91 Å². The highest BCUT2D eigenvalue weighted by molar-refractivity contribution is 7.89. The van der Waals surface area contributed by atoms with Crippen LogP contribution in [0.25, 0.3) is 0 Å². The third-order valence-corrected chi connectivity index (χ3v) is 7.41. The van der Waals surface area contributed by atoms with E-state index in [2.05, 4.69) is 5.32 Å². The lowest BCUT2D eigenvalue weighted by Crippen LogP contribution is -2.36. The van der Waals surface area contributed by atoms with Gasteiger partial charge in [0.1, 0.15) is 5.75 Å². The van der Waals surface area contributed by atoms with Crippen molar-refractivity contribution in [1.29, 1.82) is 0 Å². The van der Waals surface area contributed by atoms with Crippen molar-refractivity contribution < 1.29 is 27.5 Å². The van der Waals surface area contributed by atoms with Gasteiger partial charge in [-0.15, -0.1) is 0 Å². The van der Waals surface area contributed by atoms with E-state index in [9.17, 15) is 18.0 Å². The molecule has 0 spiro atoms. The number of esters is 1. The Bertz CT molecular complexity index is 1080. The minimum Gasteiger partial charge on any atom is -0.497 e. The number of carbonyl (C=O) groups excluding carboxylic acids is 2. The van der Waals surface area contributed by atoms with E-state index in [0.29, 0.717) is 30.1 Å². The molecule has 1 aliphatic heterocycles. The molecule has 1 unspecified atom stereocenters. The van der Waals surface area contributed by atoms with E-state index in [4.69, 9.17) is 9.47 Å². The fourth-order valence-corrected chi connectivity index (χ4v) is 5.22. The van der Waals surface area contributed by atoms with E-state index in [1.165, 1.54) is 23.4 Å². The average Bonchev–Trinajstić information content (AvgIpc) is 2.80. The van der Waals surface area contributed by atoms with Gasteiger partial charge in [-0.25, -0.2) is 13.2 Å². The summed E-state index contributed by atoms with van der Waals surface area (Å²) in [6, 6.07) is 11.1. The van der Waals surface area contributed by atoms with Crippen molar-refractivity contribution >= 4 is 27.6 Å². The Hall–Kier alpha value is -2.91. The fourth-order valence-electron chi connectivity index (χ4n) is 3.45. The molecule has 0 bridgehead atoms. The van der Waals surface area contributed by atoms with Crippen LogP contribution in [0.2, 0.25) is 0 Å². The minimum atomic E-state index is -3.70. The fraction of sp³-hybridized carbons (Fsp3) is 0.391. The van der Waals surface area contributed by atoms with Gasteiger partial charge in [-0.2, -0.15) is 4.31 Å². The van der Waals surface area contributed by atoms with Gasteiger partial charge in [-0.3, -0.25) is 4.79 Å². The first-order valence-corrected chi connectivity index (χ1v) is 11.9. The van der Waals surface area contributed by atoms with E-state index in [-0.39, 0.29) is 10.5 Å². The summed E-state index contributed by atoms with van der Waals surface area (Å²) in [5, 5.41) is 2.66. The van der Waals surface area contributed by atoms with Gasteiger partial charge in [-0.1, -0.05) is 12.5 Å². The number of hydrogen-bond donors (Lipinski definition) is 1. The maximum absolute atomic E-state index is 13.1. The molecule has 0 aromatic heterocycles. The quantitative estimate of drug-likeness (QED) is 0.636. The van der Waals surface area contributed by atoms with Crippen LogP contribution in [-0.4, -0.2) is 50.9 Å². The SMILES string of the molecule is COc1ccc(NC(=O)C(C)OC(=O)c2ccc(C)c(S(=O)(=O)N3CCCCC3)c2)cc1. The predicted molar refractivity (Wildman–Crippen MR) is 120 cm³/mol. The molecule has 172 valence electrons. The number of aryl methyl sites for hydroxylation is 1. The number of methoxy groups -OCH3 is 1. The van der Waals surface area contributed by atoms with Gasteiger partial charge in [0.05, 0.1) is 17.6 Å². The molecule has 8 nitrogen and oxygen atoms in total. The number of carbonyl (C=O) groups is 2. The first kappa shape index (κ1) is 23.7. The Labute approximate surface area is 188 Å². The molecular weight excluding hydrogens is 432 g/mol. The second-order valence-corrected chi connectivity index (χ2v) is 9.62. The van der Waals surface area contributed by atoms with Crippen molar-refractivity contribution in [2.24, 2.45) is 0 Å². The summed E-state index contributed by atoms with van der Waals surface area (Å²) in [4.78, 5) is 25.1. The highest BCUT2D eigenvalue weighted by Gasteiger charge is 2.29. The molecular formula is C23H28N2O6S. The number of rotatable bonds is 7. The Kier molecular flexibility index (Phi) is 7.52. The lowest BCUT2D eigenvalue weighted by atomic mass is 10.1. The molecule has 2 aromatic rings. The maximum Gasteiger partial charge on any atom is 0.338 e. The molecule has 1 N–H and O–H groups in total. The molecule has 1 aliphatic rings. The van der Waals surface area contributed by atoms with Crippen molar-refractivity contribution in [3.05, 3.63) is 53.6 Å². The van der Waals surface area contributed by atoms with Crippen molar-refractivity contribution in [3.8, 4) is 5.75 Å². The summed E-state index contributed by atoms with van der Waals surface area (Å²) >= 11 is 0. The predicted octanol–water partition coefficient (Wildman–Crippen LogP) is 3.36. The molecule has 2 aromatic carbocycles. The Morgan fingerprint density at radius 3 is 2.31 bits per heavy atom. The molecule has 1 amide bonds. The summed E-state index contributed by atoms with van der Waals surface area (Å²) in [6.07, 6.45) is 1.57. The first-order chi connectivity index (χ1) is 15.2. The van der Waals surface area contributed by atoms with Crippen LogP contribution in [-0.2, 0) is 19.6 Å². The van der Waals surface area contributed by atoms with Crippen LogP contribution in [0.5, 0.6) is 5.75 Å². The molecule has 1 fully saturated rings. The Morgan fingerprint density at radius 2 is 1.69 bits per heavy atom. The largest absolute Gasteiger partial charge is 0.497 e. The lowest BCUT2D eigenvalue weighted by Gasteiger charge is -2.26. The monoisotopic (exact) mass is 460 g/mol. The highest BCUT2D eigenvalue weighted by Crippen LogP contribution is 2.25. The molecule has 32 heavy (non-hydrogen) atoms. The molecule has 3 rings (SSSR count). The van der Waals surface area contributed by atoms with Crippen LogP contribution in [0.1, 0.15) is 42.1 Å². The van der Waals surface area contributed by atoms with Crippen molar-refractivity contribution in [1.82, 2.24) is 4.31 Å². The first-order valence-electron chi connectivity index (χ1n) is 10.5. The van der Waals surface area contributed by atoms with E-state index in [1.807, 2.05) is 0 Å². The van der Waals surface area contributed by atoms with Gasteiger partial charge >= 0.3 is 5.97 Å². The average molecular weight is 461 g/mol. The van der Waals surface area contributed by atoms with Crippen LogP contribution in [0.3, 0.4) is 0 Å². The van der Waals surface area contributed by atoms with Crippen molar-refractivity contribution in [2.45, 2.75) is 44.1 Å². The molecule has 1 saturated heterocycles. The zero-order valence-electron chi connectivity index (χ0n) is 18.5. The molecule has 9 heteroatoms. The zero-order valence-corrected chi connectivity index (χ0v) is 19.3. The smallest absolute Gasteiger partial charge is 0.338 e. The van der Waals surface area contributed by atoms with Gasteiger partial charge < -0.3 is 14.8 Å². The van der Waals surface area contributed by atoms with E-state index in [0.717, 1.165) is 19.3 Å². The minimum absolute atomic E-state index is 0.0790. The van der Waals surface area contributed by atoms with Crippen molar-refractivity contribution in [2.75, 3.05) is 25.5 Å². The van der Waals surface area contributed by atoms with Crippen LogP contribution in [0.4, 0.5) is 5.69 Å². The summed E-state index contributed by atoms with van der Waals surface area (Å²) in [7, 11) is -2.16. The number of amides is 1. The second kappa shape index (κ2) is 10.1. The third kappa shape index (κ3) is 5.46. The topological polar surface area (TPSA) is 102 Å². The van der Waals surface area contributed by atoms with E-state index < -0.39 is 28.0 Å². The number of nitrogens with one attached hydrogen (secondary N) is 1. The lowest BCUT2D eigenvalue weighted by molar-refractivity contribution is -0.123. The van der Waals surface area contributed by atoms with E-state index in [1.54, 1.807) is 44.4 Å². The van der Waals surface area contributed by atoms with Crippen LogP contribution in [0.15, 0.2) is 47.4 Å². The normalized spacial score (nSPS) is 15.6. The zero-order chi connectivity index (χ0) is 23.3. The molecule has 0 aliphatic carbocycles. The van der Waals surface area contributed by atoms with Crippen LogP contribution >= 0.6 is 0 Å². The van der Waals surface area contributed by atoms with Gasteiger partial charge in [0.2, 0.25) is 10.0 Å². The summed E-state index contributed by atoms with van der Waals surface area (Å²) in [5.74, 6) is -0.619. The second-order valence-electron chi connectivity index (χ2n) is 7.71.